The van der Waals surface area contributed by atoms with Crippen molar-refractivity contribution in [2.45, 2.75) is 14.9 Å². The molecule has 0 aliphatic carbocycles. The molecule has 0 fully saturated rings. The van der Waals surface area contributed by atoms with E-state index in [9.17, 15) is 9.59 Å². The highest BCUT2D eigenvalue weighted by molar-refractivity contribution is 5.88. The van der Waals surface area contributed by atoms with E-state index < -0.39 is 11.9 Å². The van der Waals surface area contributed by atoms with E-state index in [1.54, 1.807) is 0 Å². The van der Waals surface area contributed by atoms with Crippen LogP contribution < -0.4 is 4.74 Å². The van der Waals surface area contributed by atoms with Gasteiger partial charge in [-0.15, -0.1) is 0 Å². The van der Waals surface area contributed by atoms with Gasteiger partial charge in [0.2, 0.25) is 0 Å². The minimum Gasteiger partial charge on any atom is -0.478 e. The molecule has 0 radical (unpaired) electrons. The maximum Gasteiger partial charge on any atom is 0.335 e. The fourth-order valence-corrected chi connectivity index (χ4v) is 1.47. The molecular weight excluding hydrogens is 272 g/mol. The average molecular weight is 290 g/mol. The summed E-state index contributed by atoms with van der Waals surface area (Å²) in [6, 6.07) is 11.9. The smallest absolute Gasteiger partial charge is 0.335 e. The van der Waals surface area contributed by atoms with Gasteiger partial charge in [0.05, 0.1) is 11.1 Å². The Bertz CT molecular complexity index is 544. The third-order valence-electron chi connectivity index (χ3n) is 2.44. The van der Waals surface area contributed by atoms with Crippen molar-refractivity contribution in [1.82, 2.24) is 0 Å². The van der Waals surface area contributed by atoms with Gasteiger partial charge in [0.15, 0.2) is 0 Å². The summed E-state index contributed by atoms with van der Waals surface area (Å²) < 4.78 is 5.46. The van der Waals surface area contributed by atoms with E-state index in [1.807, 2.05) is 0 Å². The Morgan fingerprint density at radius 1 is 0.667 bits per heavy atom. The van der Waals surface area contributed by atoms with Crippen molar-refractivity contribution in [3.63, 3.8) is 0 Å². The first-order valence-electron chi connectivity index (χ1n) is 5.41. The fourth-order valence-electron chi connectivity index (χ4n) is 1.47. The van der Waals surface area contributed by atoms with Crippen molar-refractivity contribution in [2.75, 3.05) is 0 Å². The zero-order valence-corrected chi connectivity index (χ0v) is 9.74. The number of carbonyl (C=O) groups is 2. The third-order valence-corrected chi connectivity index (χ3v) is 2.44. The van der Waals surface area contributed by atoms with Gasteiger partial charge in [-0.25, -0.2) is 9.59 Å². The van der Waals surface area contributed by atoms with Crippen LogP contribution in [0.15, 0.2) is 48.5 Å². The average Bonchev–Trinajstić information content (AvgIpc) is 2.40. The minimum absolute atomic E-state index is 0. The lowest BCUT2D eigenvalue weighted by Crippen LogP contribution is -1.96. The van der Waals surface area contributed by atoms with Crippen molar-refractivity contribution in [2.24, 2.45) is 0 Å². The molecule has 0 amide bonds. The van der Waals surface area contributed by atoms with E-state index in [1.165, 1.54) is 48.5 Å². The number of carboxylic acid groups (broad SMARTS) is 2. The summed E-state index contributed by atoms with van der Waals surface area (Å²) in [4.78, 5) is 21.4. The Labute approximate surface area is 123 Å². The lowest BCUT2D eigenvalue weighted by Gasteiger charge is -2.06. The van der Waals surface area contributed by atoms with Crippen molar-refractivity contribution in [1.29, 1.82) is 0 Å². The molecule has 0 saturated carbocycles. The van der Waals surface area contributed by atoms with Crippen molar-refractivity contribution >= 4 is 11.9 Å². The van der Waals surface area contributed by atoms with Crippen LogP contribution in [0.4, 0.5) is 0 Å². The summed E-state index contributed by atoms with van der Waals surface area (Å²) in [7, 11) is 0. The second kappa shape index (κ2) is 7.69. The molecule has 0 aliphatic heterocycles. The van der Waals surface area contributed by atoms with E-state index in [0.717, 1.165) is 0 Å². The highest BCUT2D eigenvalue weighted by atomic mass is 16.5. The summed E-state index contributed by atoms with van der Waals surface area (Å²) in [5.41, 5.74) is 0.349. The van der Waals surface area contributed by atoms with E-state index in [2.05, 4.69) is 0 Å². The van der Waals surface area contributed by atoms with Crippen LogP contribution in [-0.2, 0) is 0 Å². The van der Waals surface area contributed by atoms with Crippen LogP contribution in [0.3, 0.4) is 0 Å². The molecule has 2 N–H and O–H groups in total. The van der Waals surface area contributed by atoms with Crippen LogP contribution in [0.1, 0.15) is 35.6 Å². The summed E-state index contributed by atoms with van der Waals surface area (Å²) in [6.07, 6.45) is 0. The van der Waals surface area contributed by atoms with Gasteiger partial charge in [-0.3, -0.25) is 0 Å². The molecule has 21 heavy (non-hydrogen) atoms. The number of ether oxygens (including phenoxy) is 1. The molecule has 5 nitrogen and oxygen atoms in total. The quantitative estimate of drug-likeness (QED) is 0.883. The maximum atomic E-state index is 10.7. The van der Waals surface area contributed by atoms with Crippen LogP contribution in [-0.4, -0.2) is 22.2 Å². The SMILES string of the molecule is C.C.O=C(O)c1ccc(Oc2ccc(C(=O)O)cc2)cc1. The largest absolute Gasteiger partial charge is 0.478 e. The first-order chi connectivity index (χ1) is 9.06. The van der Waals surface area contributed by atoms with Crippen LogP contribution in [0.25, 0.3) is 0 Å². The molecule has 2 rings (SSSR count). The maximum absolute atomic E-state index is 10.7. The van der Waals surface area contributed by atoms with Gasteiger partial charge in [-0.2, -0.15) is 0 Å². The van der Waals surface area contributed by atoms with Crippen LogP contribution in [0.5, 0.6) is 11.5 Å². The number of hydrogen-bond donors (Lipinski definition) is 2. The van der Waals surface area contributed by atoms with Crippen molar-refractivity contribution in [3.8, 4) is 11.5 Å². The van der Waals surface area contributed by atoms with E-state index in [0.29, 0.717) is 11.5 Å². The number of rotatable bonds is 4. The molecule has 0 bridgehead atoms. The molecule has 0 unspecified atom stereocenters. The molecule has 0 spiro atoms. The molecular formula is C16H18O5. The highest BCUT2D eigenvalue weighted by Crippen LogP contribution is 2.22. The van der Waals surface area contributed by atoms with Crippen LogP contribution >= 0.6 is 0 Å². The standard InChI is InChI=1S/C14H10O5.2CH4/c15-13(16)9-1-5-11(6-2-9)19-12-7-3-10(4-8-12)14(17)18;;/h1-8H,(H,15,16)(H,17,18);2*1H4. The lowest BCUT2D eigenvalue weighted by atomic mass is 10.2. The molecule has 0 atom stereocenters. The lowest BCUT2D eigenvalue weighted by molar-refractivity contribution is 0.0686. The van der Waals surface area contributed by atoms with Gasteiger partial charge >= 0.3 is 11.9 Å². The van der Waals surface area contributed by atoms with Gasteiger partial charge in [0, 0.05) is 0 Å². The molecule has 0 heterocycles. The Hall–Kier alpha value is -2.82. The third kappa shape index (κ3) is 4.65. The van der Waals surface area contributed by atoms with E-state index in [4.69, 9.17) is 14.9 Å². The van der Waals surface area contributed by atoms with E-state index >= 15 is 0 Å². The Morgan fingerprint density at radius 3 is 1.19 bits per heavy atom. The normalized spacial score (nSPS) is 8.95. The topological polar surface area (TPSA) is 83.8 Å². The molecule has 5 heteroatoms. The molecule has 0 aliphatic rings. The van der Waals surface area contributed by atoms with E-state index in [-0.39, 0.29) is 26.0 Å². The van der Waals surface area contributed by atoms with Crippen LogP contribution in [0.2, 0.25) is 0 Å². The summed E-state index contributed by atoms with van der Waals surface area (Å²) in [6.45, 7) is 0. The Morgan fingerprint density at radius 2 is 0.952 bits per heavy atom. The molecule has 112 valence electrons. The van der Waals surface area contributed by atoms with Gasteiger partial charge in [-0.05, 0) is 48.5 Å². The van der Waals surface area contributed by atoms with Gasteiger partial charge in [0.25, 0.3) is 0 Å². The highest BCUT2D eigenvalue weighted by Gasteiger charge is 2.04. The van der Waals surface area contributed by atoms with Crippen LogP contribution in [0, 0.1) is 0 Å². The second-order valence-electron chi connectivity index (χ2n) is 3.76. The first-order valence-corrected chi connectivity index (χ1v) is 5.41. The summed E-state index contributed by atoms with van der Waals surface area (Å²) in [5, 5.41) is 17.5. The second-order valence-corrected chi connectivity index (χ2v) is 3.76. The Balaban J connectivity index is 0.00000200. The van der Waals surface area contributed by atoms with Crippen molar-refractivity contribution in [3.05, 3.63) is 59.7 Å². The minimum atomic E-state index is -1.00. The number of hydrogen-bond acceptors (Lipinski definition) is 3. The van der Waals surface area contributed by atoms with Gasteiger partial charge in [0.1, 0.15) is 11.5 Å². The molecule has 0 aromatic heterocycles. The number of carboxylic acids is 2. The zero-order valence-electron chi connectivity index (χ0n) is 9.74. The number of benzene rings is 2. The summed E-state index contributed by atoms with van der Waals surface area (Å²) in [5.74, 6) is -1.05. The van der Waals surface area contributed by atoms with Crippen molar-refractivity contribution < 1.29 is 24.5 Å². The number of aromatic carboxylic acids is 2. The zero-order chi connectivity index (χ0) is 13.8. The molecule has 2 aromatic carbocycles. The van der Waals surface area contributed by atoms with Gasteiger partial charge < -0.3 is 14.9 Å². The summed E-state index contributed by atoms with van der Waals surface area (Å²) >= 11 is 0. The fraction of sp³-hybridized carbons (Fsp3) is 0.125. The molecule has 0 saturated heterocycles. The predicted octanol–water partition coefficient (Wildman–Crippen LogP) is 4.15. The van der Waals surface area contributed by atoms with Gasteiger partial charge in [-0.1, -0.05) is 14.9 Å². The monoisotopic (exact) mass is 290 g/mol. The predicted molar refractivity (Wildman–Crippen MR) is 80.3 cm³/mol. The molecule has 2 aromatic rings. The Kier molecular flexibility index (Phi) is 6.66. The first kappa shape index (κ1) is 18.2.